The van der Waals surface area contributed by atoms with Crippen molar-refractivity contribution in [2.75, 3.05) is 19.9 Å². The molecule has 114 valence electrons. The van der Waals surface area contributed by atoms with Crippen LogP contribution in [-0.4, -0.2) is 36.9 Å². The zero-order chi connectivity index (χ0) is 14.1. The van der Waals surface area contributed by atoms with Gasteiger partial charge in [-0.1, -0.05) is 12.5 Å². The Kier molecular flexibility index (Phi) is 3.74. The van der Waals surface area contributed by atoms with Gasteiger partial charge in [-0.15, -0.1) is 0 Å². The fourth-order valence-electron chi connectivity index (χ4n) is 3.42. The van der Waals surface area contributed by atoms with E-state index >= 15 is 0 Å². The molecule has 4 rings (SSSR count). The van der Waals surface area contributed by atoms with Gasteiger partial charge in [-0.3, -0.25) is 4.90 Å². The number of piperidine rings is 1. The summed E-state index contributed by atoms with van der Waals surface area (Å²) in [7, 11) is 0. The molecule has 1 saturated heterocycles. The molecular formula is C17H24N2O2. The van der Waals surface area contributed by atoms with Gasteiger partial charge < -0.3 is 14.8 Å². The average molecular weight is 288 g/mol. The van der Waals surface area contributed by atoms with Gasteiger partial charge in [0, 0.05) is 25.2 Å². The van der Waals surface area contributed by atoms with E-state index in [1.54, 1.807) is 0 Å². The van der Waals surface area contributed by atoms with E-state index in [0.29, 0.717) is 12.8 Å². The molecule has 21 heavy (non-hydrogen) atoms. The third kappa shape index (κ3) is 3.16. The largest absolute Gasteiger partial charge is 0.454 e. The van der Waals surface area contributed by atoms with Crippen molar-refractivity contribution in [3.05, 3.63) is 23.8 Å². The van der Waals surface area contributed by atoms with E-state index in [9.17, 15) is 0 Å². The second-order valence-corrected chi connectivity index (χ2v) is 6.50. The zero-order valence-corrected chi connectivity index (χ0v) is 12.5. The molecule has 1 aromatic carbocycles. The molecule has 4 nitrogen and oxygen atoms in total. The Morgan fingerprint density at radius 3 is 2.81 bits per heavy atom. The molecular weight excluding hydrogens is 264 g/mol. The van der Waals surface area contributed by atoms with Crippen LogP contribution in [0.25, 0.3) is 0 Å². The number of hydrogen-bond donors (Lipinski definition) is 1. The first-order valence-corrected chi connectivity index (χ1v) is 8.24. The van der Waals surface area contributed by atoms with Crippen molar-refractivity contribution in [1.82, 2.24) is 10.2 Å². The molecule has 0 radical (unpaired) electrons. The second-order valence-electron chi connectivity index (χ2n) is 6.50. The van der Waals surface area contributed by atoms with Crippen molar-refractivity contribution in [3.8, 4) is 11.5 Å². The molecule has 1 aromatic rings. The van der Waals surface area contributed by atoms with E-state index in [1.807, 2.05) is 6.07 Å². The lowest BCUT2D eigenvalue weighted by Crippen LogP contribution is -2.44. The Morgan fingerprint density at radius 1 is 1.10 bits per heavy atom. The predicted octanol–water partition coefficient (Wildman–Crippen LogP) is 2.52. The summed E-state index contributed by atoms with van der Waals surface area (Å²) in [5.74, 6) is 1.78. The number of nitrogens with one attached hydrogen (secondary N) is 1. The Hall–Kier alpha value is -1.26. The van der Waals surface area contributed by atoms with Gasteiger partial charge in [0.05, 0.1) is 0 Å². The van der Waals surface area contributed by atoms with Crippen LogP contribution in [0.3, 0.4) is 0 Å². The molecule has 0 spiro atoms. The fraction of sp³-hybridized carbons (Fsp3) is 0.647. The lowest BCUT2D eigenvalue weighted by Gasteiger charge is -2.30. The van der Waals surface area contributed by atoms with Gasteiger partial charge in [-0.05, 0) is 49.9 Å². The number of nitrogens with zero attached hydrogens (tertiary/aromatic N) is 1. The van der Waals surface area contributed by atoms with E-state index in [2.05, 4.69) is 22.3 Å². The normalized spacial score (nSPS) is 24.5. The van der Waals surface area contributed by atoms with Gasteiger partial charge in [-0.2, -0.15) is 0 Å². The molecule has 3 aliphatic rings. The maximum atomic E-state index is 5.49. The maximum Gasteiger partial charge on any atom is 0.231 e. The lowest BCUT2D eigenvalue weighted by atomic mass is 10.0. The molecule has 2 aliphatic heterocycles. The monoisotopic (exact) mass is 288 g/mol. The van der Waals surface area contributed by atoms with E-state index in [4.69, 9.17) is 9.47 Å². The van der Waals surface area contributed by atoms with Crippen LogP contribution in [0.4, 0.5) is 0 Å². The van der Waals surface area contributed by atoms with Crippen molar-refractivity contribution in [3.63, 3.8) is 0 Å². The van der Waals surface area contributed by atoms with Crippen LogP contribution in [-0.2, 0) is 6.54 Å². The van der Waals surface area contributed by atoms with Crippen LogP contribution >= 0.6 is 0 Å². The molecule has 0 bridgehead atoms. The summed E-state index contributed by atoms with van der Waals surface area (Å²) in [5, 5.41) is 3.67. The Labute approximate surface area is 126 Å². The summed E-state index contributed by atoms with van der Waals surface area (Å²) in [6.07, 6.45) is 6.75. The molecule has 0 aromatic heterocycles. The van der Waals surface area contributed by atoms with Crippen molar-refractivity contribution in [2.24, 2.45) is 0 Å². The van der Waals surface area contributed by atoms with E-state index < -0.39 is 0 Å². The summed E-state index contributed by atoms with van der Waals surface area (Å²) in [6.45, 7) is 3.75. The first kappa shape index (κ1) is 13.4. The van der Waals surface area contributed by atoms with Gasteiger partial charge in [0.25, 0.3) is 0 Å². The van der Waals surface area contributed by atoms with Crippen LogP contribution in [0.1, 0.15) is 37.7 Å². The quantitative estimate of drug-likeness (QED) is 0.903. The Morgan fingerprint density at radius 2 is 2.00 bits per heavy atom. The smallest absolute Gasteiger partial charge is 0.231 e. The van der Waals surface area contributed by atoms with Crippen LogP contribution < -0.4 is 14.8 Å². The van der Waals surface area contributed by atoms with Gasteiger partial charge in [0.1, 0.15) is 0 Å². The fourth-order valence-corrected chi connectivity index (χ4v) is 3.42. The summed E-state index contributed by atoms with van der Waals surface area (Å²) >= 11 is 0. The Balaban J connectivity index is 1.42. The van der Waals surface area contributed by atoms with Gasteiger partial charge in [0.2, 0.25) is 6.79 Å². The van der Waals surface area contributed by atoms with E-state index in [-0.39, 0.29) is 0 Å². The number of ether oxygens (including phenoxy) is 2. The van der Waals surface area contributed by atoms with Crippen LogP contribution in [0.15, 0.2) is 18.2 Å². The highest BCUT2D eigenvalue weighted by atomic mass is 16.7. The van der Waals surface area contributed by atoms with Gasteiger partial charge in [0.15, 0.2) is 11.5 Å². The number of hydrogen-bond acceptors (Lipinski definition) is 4. The topological polar surface area (TPSA) is 33.7 Å². The van der Waals surface area contributed by atoms with Gasteiger partial charge in [-0.25, -0.2) is 0 Å². The van der Waals surface area contributed by atoms with Gasteiger partial charge >= 0.3 is 0 Å². The summed E-state index contributed by atoms with van der Waals surface area (Å²) in [6, 6.07) is 7.83. The summed E-state index contributed by atoms with van der Waals surface area (Å²) < 4.78 is 10.9. The molecule has 1 aliphatic carbocycles. The minimum absolute atomic E-state index is 0.358. The van der Waals surface area contributed by atoms with E-state index in [0.717, 1.165) is 24.1 Å². The predicted molar refractivity (Wildman–Crippen MR) is 81.6 cm³/mol. The minimum Gasteiger partial charge on any atom is -0.454 e. The molecule has 2 fully saturated rings. The van der Waals surface area contributed by atoms with E-state index in [1.165, 1.54) is 50.8 Å². The highest BCUT2D eigenvalue weighted by Crippen LogP contribution is 2.34. The molecule has 1 unspecified atom stereocenters. The first-order chi connectivity index (χ1) is 10.4. The highest BCUT2D eigenvalue weighted by Gasteiger charge is 2.31. The molecule has 1 atom stereocenters. The molecule has 1 saturated carbocycles. The van der Waals surface area contributed by atoms with Crippen molar-refractivity contribution in [1.29, 1.82) is 0 Å². The molecule has 1 N–H and O–H groups in total. The zero-order valence-electron chi connectivity index (χ0n) is 12.5. The molecule has 0 amide bonds. The van der Waals surface area contributed by atoms with Crippen molar-refractivity contribution >= 4 is 0 Å². The number of fused-ring (bicyclic) bond motifs is 1. The summed E-state index contributed by atoms with van der Waals surface area (Å²) in [4.78, 5) is 2.65. The minimum atomic E-state index is 0.358. The second kappa shape index (κ2) is 5.85. The maximum absolute atomic E-state index is 5.49. The van der Waals surface area contributed by atoms with Crippen LogP contribution in [0.5, 0.6) is 11.5 Å². The lowest BCUT2D eigenvalue weighted by molar-refractivity contribution is 0.173. The summed E-state index contributed by atoms with van der Waals surface area (Å²) in [5.41, 5.74) is 1.34. The SMILES string of the molecule is c1cc2c(cc1CN(CC1CCCCN1)C1CC1)OCO2. The third-order valence-electron chi connectivity index (χ3n) is 4.75. The van der Waals surface area contributed by atoms with Crippen LogP contribution in [0, 0.1) is 0 Å². The molecule has 2 heterocycles. The number of rotatable bonds is 5. The highest BCUT2D eigenvalue weighted by molar-refractivity contribution is 5.44. The average Bonchev–Trinajstić information content (AvgIpc) is 3.26. The number of benzene rings is 1. The first-order valence-electron chi connectivity index (χ1n) is 8.24. The van der Waals surface area contributed by atoms with Crippen molar-refractivity contribution in [2.45, 2.75) is 50.7 Å². The molecule has 4 heteroatoms. The van der Waals surface area contributed by atoms with Crippen LogP contribution in [0.2, 0.25) is 0 Å². The third-order valence-corrected chi connectivity index (χ3v) is 4.75. The standard InChI is InChI=1S/C17H24N2O2/c1-2-8-18-14(3-1)11-19(15-5-6-15)10-13-4-7-16-17(9-13)21-12-20-16/h4,7,9,14-15,18H,1-3,5-6,8,10-12H2. The van der Waals surface area contributed by atoms with Crippen molar-refractivity contribution < 1.29 is 9.47 Å². The Bertz CT molecular complexity index is 496.